The molecule has 1 aliphatic rings. The summed E-state index contributed by atoms with van der Waals surface area (Å²) in [5, 5.41) is 0. The van der Waals surface area contributed by atoms with Gasteiger partial charge >= 0.3 is 0 Å². The van der Waals surface area contributed by atoms with Crippen molar-refractivity contribution in [1.29, 1.82) is 0 Å². The van der Waals surface area contributed by atoms with E-state index >= 15 is 0 Å². The van der Waals surface area contributed by atoms with Crippen LogP contribution < -0.4 is 0 Å². The van der Waals surface area contributed by atoms with Gasteiger partial charge in [-0.25, -0.2) is 0 Å². The monoisotopic (exact) mass is 250 g/mol. The highest BCUT2D eigenvalue weighted by molar-refractivity contribution is 5.78. The number of fused-ring (bicyclic) bond motifs is 3. The van der Waals surface area contributed by atoms with Gasteiger partial charge in [0.25, 0.3) is 0 Å². The fraction of sp³-hybridized carbons (Fsp3) is 0.368. The quantitative estimate of drug-likeness (QED) is 0.551. The van der Waals surface area contributed by atoms with Gasteiger partial charge < -0.3 is 0 Å². The van der Waals surface area contributed by atoms with Crippen molar-refractivity contribution < 1.29 is 0 Å². The molecule has 0 saturated carbocycles. The first-order valence-corrected chi connectivity index (χ1v) is 7.51. The Kier molecular flexibility index (Phi) is 3.42. The molecule has 0 N–H and O–H groups in total. The number of hydrogen-bond donors (Lipinski definition) is 0. The molecule has 0 amide bonds. The van der Waals surface area contributed by atoms with Gasteiger partial charge in [-0.15, -0.1) is 0 Å². The minimum atomic E-state index is 1.13. The summed E-state index contributed by atoms with van der Waals surface area (Å²) in [4.78, 5) is 0. The predicted octanol–water partition coefficient (Wildman–Crippen LogP) is 5.30. The smallest absolute Gasteiger partial charge is 0.00106 e. The summed E-state index contributed by atoms with van der Waals surface area (Å²) in [5.41, 5.74) is 9.11. The highest BCUT2D eigenvalue weighted by Crippen LogP contribution is 2.39. The van der Waals surface area contributed by atoms with E-state index in [1.165, 1.54) is 47.9 Å². The van der Waals surface area contributed by atoms with E-state index in [4.69, 9.17) is 0 Å². The molecule has 0 heteroatoms. The van der Waals surface area contributed by atoms with Crippen LogP contribution in [0.25, 0.3) is 11.1 Å². The molecule has 2 aromatic rings. The van der Waals surface area contributed by atoms with E-state index in [-0.39, 0.29) is 0 Å². The second-order valence-electron chi connectivity index (χ2n) is 5.68. The standard InChI is InChI=1S/C19H22/c1-3-4-5-9-16-14(2)11-12-18-17-10-7-6-8-15(17)13-19(16)18/h6-8,10-12H,3-5,9,13H2,1-2H3. The maximum atomic E-state index is 2.32. The van der Waals surface area contributed by atoms with Crippen LogP contribution in [0, 0.1) is 6.92 Å². The summed E-state index contributed by atoms with van der Waals surface area (Å²) in [7, 11) is 0. The molecule has 0 nitrogen and oxygen atoms in total. The Labute approximate surface area is 116 Å². The lowest BCUT2D eigenvalue weighted by Gasteiger charge is -2.12. The van der Waals surface area contributed by atoms with Gasteiger partial charge in [-0.05, 0) is 59.6 Å². The molecule has 98 valence electrons. The maximum absolute atomic E-state index is 2.32. The van der Waals surface area contributed by atoms with Crippen LogP contribution in [0.15, 0.2) is 36.4 Å². The largest absolute Gasteiger partial charge is 0.0654 e. The van der Waals surface area contributed by atoms with E-state index in [9.17, 15) is 0 Å². The predicted molar refractivity (Wildman–Crippen MR) is 82.7 cm³/mol. The number of aryl methyl sites for hydroxylation is 1. The van der Waals surface area contributed by atoms with Gasteiger partial charge in [0.2, 0.25) is 0 Å². The molecule has 0 saturated heterocycles. The van der Waals surface area contributed by atoms with Crippen LogP contribution in [0.1, 0.15) is 48.4 Å². The third-order valence-corrected chi connectivity index (χ3v) is 4.37. The Bertz CT molecular complexity index is 593. The van der Waals surface area contributed by atoms with Crippen molar-refractivity contribution >= 4 is 0 Å². The summed E-state index contributed by atoms with van der Waals surface area (Å²) in [6.45, 7) is 4.54. The zero-order chi connectivity index (χ0) is 13.2. The molecule has 0 spiro atoms. The zero-order valence-corrected chi connectivity index (χ0v) is 12.0. The fourth-order valence-electron chi connectivity index (χ4n) is 3.29. The van der Waals surface area contributed by atoms with Crippen LogP contribution in [-0.4, -0.2) is 0 Å². The third kappa shape index (κ3) is 2.20. The second kappa shape index (κ2) is 5.21. The summed E-state index contributed by atoms with van der Waals surface area (Å²) in [5.74, 6) is 0. The van der Waals surface area contributed by atoms with Crippen molar-refractivity contribution in [2.24, 2.45) is 0 Å². The molecule has 1 aliphatic carbocycles. The maximum Gasteiger partial charge on any atom is -0.00106 e. The Balaban J connectivity index is 2.00. The highest BCUT2D eigenvalue weighted by atomic mass is 14.2. The SMILES string of the molecule is CCCCCc1c(C)ccc2c1Cc1ccccc1-2. The molecular formula is C19H22. The van der Waals surface area contributed by atoms with Gasteiger partial charge in [0, 0.05) is 0 Å². The number of hydrogen-bond acceptors (Lipinski definition) is 0. The molecule has 3 rings (SSSR count). The molecule has 19 heavy (non-hydrogen) atoms. The Hall–Kier alpha value is -1.56. The van der Waals surface area contributed by atoms with Gasteiger partial charge in [-0.1, -0.05) is 56.2 Å². The number of unbranched alkanes of at least 4 members (excludes halogenated alkanes) is 2. The molecule has 0 aliphatic heterocycles. The average molecular weight is 250 g/mol. The first-order chi connectivity index (χ1) is 9.31. The van der Waals surface area contributed by atoms with E-state index in [0.717, 1.165) is 6.42 Å². The zero-order valence-electron chi connectivity index (χ0n) is 12.0. The highest BCUT2D eigenvalue weighted by Gasteiger charge is 2.21. The topological polar surface area (TPSA) is 0 Å². The molecule has 0 heterocycles. The first-order valence-electron chi connectivity index (χ1n) is 7.51. The Morgan fingerprint density at radius 3 is 2.63 bits per heavy atom. The number of rotatable bonds is 4. The number of benzene rings is 2. The first kappa shape index (κ1) is 12.5. The van der Waals surface area contributed by atoms with Crippen LogP contribution in [0.3, 0.4) is 0 Å². The lowest BCUT2D eigenvalue weighted by Crippen LogP contribution is -1.97. The van der Waals surface area contributed by atoms with Crippen LogP contribution in [0.5, 0.6) is 0 Å². The van der Waals surface area contributed by atoms with Crippen molar-refractivity contribution in [2.75, 3.05) is 0 Å². The van der Waals surface area contributed by atoms with Crippen molar-refractivity contribution in [1.82, 2.24) is 0 Å². The summed E-state index contributed by atoms with van der Waals surface area (Å²) in [6, 6.07) is 13.5. The van der Waals surface area contributed by atoms with E-state index in [1.807, 2.05) is 0 Å². The third-order valence-electron chi connectivity index (χ3n) is 4.37. The van der Waals surface area contributed by atoms with Gasteiger partial charge in [0.15, 0.2) is 0 Å². The fourth-order valence-corrected chi connectivity index (χ4v) is 3.29. The van der Waals surface area contributed by atoms with Crippen LogP contribution in [0.4, 0.5) is 0 Å². The summed E-state index contributed by atoms with van der Waals surface area (Å²) in [6.07, 6.45) is 6.35. The van der Waals surface area contributed by atoms with E-state index in [2.05, 4.69) is 50.2 Å². The minimum Gasteiger partial charge on any atom is -0.0654 e. The van der Waals surface area contributed by atoms with Gasteiger partial charge in [-0.3, -0.25) is 0 Å². The van der Waals surface area contributed by atoms with E-state index < -0.39 is 0 Å². The van der Waals surface area contributed by atoms with Crippen molar-refractivity contribution in [3.63, 3.8) is 0 Å². The lowest BCUT2D eigenvalue weighted by atomic mass is 9.93. The van der Waals surface area contributed by atoms with E-state index in [0.29, 0.717) is 0 Å². The summed E-state index contributed by atoms with van der Waals surface area (Å²) >= 11 is 0. The molecule has 0 bridgehead atoms. The Morgan fingerprint density at radius 2 is 1.79 bits per heavy atom. The average Bonchev–Trinajstić information content (AvgIpc) is 2.80. The summed E-state index contributed by atoms with van der Waals surface area (Å²) < 4.78 is 0. The molecule has 0 fully saturated rings. The van der Waals surface area contributed by atoms with Crippen LogP contribution in [-0.2, 0) is 12.8 Å². The molecule has 0 unspecified atom stereocenters. The van der Waals surface area contributed by atoms with Gasteiger partial charge in [0.1, 0.15) is 0 Å². The molecular weight excluding hydrogens is 228 g/mol. The van der Waals surface area contributed by atoms with Crippen molar-refractivity contribution in [3.05, 3.63) is 58.7 Å². The second-order valence-corrected chi connectivity index (χ2v) is 5.68. The molecule has 0 atom stereocenters. The van der Waals surface area contributed by atoms with Gasteiger partial charge in [0.05, 0.1) is 0 Å². The van der Waals surface area contributed by atoms with Crippen molar-refractivity contribution in [2.45, 2.75) is 46.0 Å². The molecule has 0 aromatic heterocycles. The molecule has 0 radical (unpaired) electrons. The Morgan fingerprint density at radius 1 is 0.947 bits per heavy atom. The van der Waals surface area contributed by atoms with Crippen LogP contribution in [0.2, 0.25) is 0 Å². The van der Waals surface area contributed by atoms with Crippen molar-refractivity contribution in [3.8, 4) is 11.1 Å². The van der Waals surface area contributed by atoms with Gasteiger partial charge in [-0.2, -0.15) is 0 Å². The minimum absolute atomic E-state index is 1.13. The molecule has 2 aromatic carbocycles. The van der Waals surface area contributed by atoms with E-state index in [1.54, 1.807) is 11.1 Å². The lowest BCUT2D eigenvalue weighted by molar-refractivity contribution is 0.712. The normalized spacial score (nSPS) is 12.3. The van der Waals surface area contributed by atoms with Crippen LogP contribution >= 0.6 is 0 Å².